The number of non-ortho nitro benzene ring substituents is 1. The summed E-state index contributed by atoms with van der Waals surface area (Å²) in [7, 11) is 1.58. The molecule has 1 atom stereocenters. The van der Waals surface area contributed by atoms with Crippen LogP contribution in [0.5, 0.6) is 0 Å². The maximum atomic E-state index is 12.3. The van der Waals surface area contributed by atoms with E-state index in [2.05, 4.69) is 10.6 Å². The van der Waals surface area contributed by atoms with Crippen molar-refractivity contribution in [1.82, 2.24) is 5.32 Å². The fourth-order valence-corrected chi connectivity index (χ4v) is 2.70. The fraction of sp³-hybridized carbons (Fsp3) is 0.300. The molecule has 0 aliphatic rings. The largest absolute Gasteiger partial charge is 0.452 e. The molecule has 2 N–H and O–H groups in total. The smallest absolute Gasteiger partial charge is 0.341 e. The Morgan fingerprint density at radius 2 is 1.86 bits per heavy atom. The minimum Gasteiger partial charge on any atom is -0.452 e. The molecular formula is C20H23N3O5. The van der Waals surface area contributed by atoms with E-state index in [1.54, 1.807) is 7.05 Å². The van der Waals surface area contributed by atoms with Crippen molar-refractivity contribution in [1.29, 1.82) is 0 Å². The predicted octanol–water partition coefficient (Wildman–Crippen LogP) is 3.37. The molecule has 0 heterocycles. The standard InChI is InChI=1S/C20H23N3O5/c1-4-17(14-7-5-13(2)6-8-14)22-19(24)12-28-20(25)16-11-15(23(26)27)9-10-18(16)21-3/h5-11,17,21H,4,12H2,1-3H3,(H,22,24)/t17-/m0/s1. The Morgan fingerprint density at radius 1 is 1.18 bits per heavy atom. The van der Waals surface area contributed by atoms with E-state index in [1.807, 2.05) is 38.1 Å². The minimum atomic E-state index is -0.813. The van der Waals surface area contributed by atoms with Crippen molar-refractivity contribution in [2.45, 2.75) is 26.3 Å². The highest BCUT2D eigenvalue weighted by atomic mass is 16.6. The molecular weight excluding hydrogens is 362 g/mol. The summed E-state index contributed by atoms with van der Waals surface area (Å²) in [4.78, 5) is 34.8. The van der Waals surface area contributed by atoms with Crippen LogP contribution in [0.3, 0.4) is 0 Å². The molecule has 8 heteroatoms. The predicted molar refractivity (Wildman–Crippen MR) is 105 cm³/mol. The van der Waals surface area contributed by atoms with E-state index < -0.39 is 23.4 Å². The quantitative estimate of drug-likeness (QED) is 0.409. The molecule has 0 saturated carbocycles. The molecule has 0 spiro atoms. The van der Waals surface area contributed by atoms with Gasteiger partial charge in [0, 0.05) is 24.9 Å². The molecule has 0 unspecified atom stereocenters. The van der Waals surface area contributed by atoms with Gasteiger partial charge >= 0.3 is 5.97 Å². The van der Waals surface area contributed by atoms with Crippen molar-refractivity contribution in [3.63, 3.8) is 0 Å². The summed E-state index contributed by atoms with van der Waals surface area (Å²) in [6.07, 6.45) is 0.678. The van der Waals surface area contributed by atoms with Crippen LogP contribution < -0.4 is 10.6 Å². The van der Waals surface area contributed by atoms with E-state index in [-0.39, 0.29) is 17.3 Å². The molecule has 8 nitrogen and oxygen atoms in total. The van der Waals surface area contributed by atoms with Crippen LogP contribution >= 0.6 is 0 Å². The number of esters is 1. The van der Waals surface area contributed by atoms with E-state index in [9.17, 15) is 19.7 Å². The maximum Gasteiger partial charge on any atom is 0.341 e. The normalized spacial score (nSPS) is 11.4. The summed E-state index contributed by atoms with van der Waals surface area (Å²) in [5.41, 5.74) is 2.22. The Kier molecular flexibility index (Phi) is 7.08. The summed E-state index contributed by atoms with van der Waals surface area (Å²) >= 11 is 0. The Morgan fingerprint density at radius 3 is 2.43 bits per heavy atom. The highest BCUT2D eigenvalue weighted by Crippen LogP contribution is 2.23. The molecule has 1 amide bonds. The molecule has 2 rings (SSSR count). The number of benzene rings is 2. The van der Waals surface area contributed by atoms with Gasteiger partial charge in [0.2, 0.25) is 0 Å². The summed E-state index contributed by atoms with van der Waals surface area (Å²) in [6, 6.07) is 11.4. The van der Waals surface area contributed by atoms with Crippen molar-refractivity contribution in [2.24, 2.45) is 0 Å². The van der Waals surface area contributed by atoms with E-state index in [0.717, 1.165) is 17.2 Å². The minimum absolute atomic E-state index is 0.00456. The number of carbonyl (C=O) groups excluding carboxylic acids is 2. The summed E-state index contributed by atoms with van der Waals surface area (Å²) < 4.78 is 5.05. The fourth-order valence-electron chi connectivity index (χ4n) is 2.70. The topological polar surface area (TPSA) is 111 Å². The monoisotopic (exact) mass is 385 g/mol. The Hall–Kier alpha value is -3.42. The summed E-state index contributed by atoms with van der Waals surface area (Å²) in [5, 5.41) is 16.5. The van der Waals surface area contributed by atoms with Crippen molar-refractivity contribution in [2.75, 3.05) is 19.0 Å². The molecule has 0 bridgehead atoms. The molecule has 28 heavy (non-hydrogen) atoms. The molecule has 2 aromatic carbocycles. The van der Waals surface area contributed by atoms with Crippen LogP contribution in [-0.2, 0) is 9.53 Å². The van der Waals surface area contributed by atoms with Crippen LogP contribution in [-0.4, -0.2) is 30.5 Å². The third kappa shape index (κ3) is 5.29. The average molecular weight is 385 g/mol. The summed E-state index contributed by atoms with van der Waals surface area (Å²) in [5.74, 6) is -1.26. The van der Waals surface area contributed by atoms with Gasteiger partial charge in [-0.1, -0.05) is 36.8 Å². The van der Waals surface area contributed by atoms with Gasteiger partial charge in [-0.05, 0) is 25.0 Å². The molecule has 2 aromatic rings. The third-order valence-electron chi connectivity index (χ3n) is 4.26. The molecule has 0 fully saturated rings. The van der Waals surface area contributed by atoms with E-state index >= 15 is 0 Å². The lowest BCUT2D eigenvalue weighted by Gasteiger charge is -2.18. The van der Waals surface area contributed by atoms with Gasteiger partial charge < -0.3 is 15.4 Å². The lowest BCUT2D eigenvalue weighted by atomic mass is 10.0. The van der Waals surface area contributed by atoms with Crippen molar-refractivity contribution < 1.29 is 19.2 Å². The van der Waals surface area contributed by atoms with Gasteiger partial charge in [-0.3, -0.25) is 14.9 Å². The maximum absolute atomic E-state index is 12.3. The number of anilines is 1. The van der Waals surface area contributed by atoms with Gasteiger partial charge in [-0.15, -0.1) is 0 Å². The third-order valence-corrected chi connectivity index (χ3v) is 4.26. The first-order valence-electron chi connectivity index (χ1n) is 8.85. The van der Waals surface area contributed by atoms with Crippen LogP contribution in [0.25, 0.3) is 0 Å². The number of nitro benzene ring substituents is 1. The molecule has 148 valence electrons. The Bertz CT molecular complexity index is 865. The number of ether oxygens (including phenoxy) is 1. The van der Waals surface area contributed by atoms with Crippen molar-refractivity contribution in [3.8, 4) is 0 Å². The first-order valence-corrected chi connectivity index (χ1v) is 8.85. The zero-order chi connectivity index (χ0) is 20.7. The Labute approximate surface area is 163 Å². The lowest BCUT2D eigenvalue weighted by Crippen LogP contribution is -2.32. The number of nitrogens with zero attached hydrogens (tertiary/aromatic N) is 1. The number of nitrogens with one attached hydrogen (secondary N) is 2. The number of nitro groups is 1. The highest BCUT2D eigenvalue weighted by molar-refractivity contribution is 5.97. The lowest BCUT2D eigenvalue weighted by molar-refractivity contribution is -0.384. The number of hydrogen-bond donors (Lipinski definition) is 2. The Balaban J connectivity index is 2.01. The number of amides is 1. The van der Waals surface area contributed by atoms with E-state index in [0.29, 0.717) is 12.1 Å². The highest BCUT2D eigenvalue weighted by Gasteiger charge is 2.19. The molecule has 0 saturated heterocycles. The molecule has 0 aromatic heterocycles. The average Bonchev–Trinajstić information content (AvgIpc) is 2.70. The number of rotatable bonds is 8. The first kappa shape index (κ1) is 20.9. The second-order valence-electron chi connectivity index (χ2n) is 6.25. The van der Waals surface area contributed by atoms with E-state index in [1.165, 1.54) is 12.1 Å². The van der Waals surface area contributed by atoms with Gasteiger partial charge in [-0.2, -0.15) is 0 Å². The van der Waals surface area contributed by atoms with Crippen LogP contribution in [0.1, 0.15) is 40.9 Å². The van der Waals surface area contributed by atoms with Crippen molar-refractivity contribution in [3.05, 3.63) is 69.3 Å². The van der Waals surface area contributed by atoms with Crippen molar-refractivity contribution >= 4 is 23.3 Å². The van der Waals surface area contributed by atoms with Crippen LogP contribution in [0.2, 0.25) is 0 Å². The second kappa shape index (κ2) is 9.50. The van der Waals surface area contributed by atoms with Gasteiger partial charge in [0.15, 0.2) is 6.61 Å². The number of aryl methyl sites for hydroxylation is 1. The van der Waals surface area contributed by atoms with Crippen LogP contribution in [0, 0.1) is 17.0 Å². The number of hydrogen-bond acceptors (Lipinski definition) is 6. The molecule has 0 aliphatic carbocycles. The molecule has 0 aliphatic heterocycles. The zero-order valence-corrected chi connectivity index (χ0v) is 16.0. The van der Waals surface area contributed by atoms with Gasteiger partial charge in [-0.25, -0.2) is 4.79 Å². The van der Waals surface area contributed by atoms with Crippen LogP contribution in [0.15, 0.2) is 42.5 Å². The SMILES string of the molecule is CC[C@H](NC(=O)COC(=O)c1cc([N+](=O)[O-])ccc1NC)c1ccc(C)cc1. The summed E-state index contributed by atoms with van der Waals surface area (Å²) in [6.45, 7) is 3.45. The van der Waals surface area contributed by atoms with Gasteiger partial charge in [0.1, 0.15) is 0 Å². The molecule has 0 radical (unpaired) electrons. The van der Waals surface area contributed by atoms with Gasteiger partial charge in [0.05, 0.1) is 16.5 Å². The number of carbonyl (C=O) groups is 2. The van der Waals surface area contributed by atoms with Gasteiger partial charge in [0.25, 0.3) is 11.6 Å². The first-order chi connectivity index (χ1) is 13.3. The van der Waals surface area contributed by atoms with Crippen LogP contribution in [0.4, 0.5) is 11.4 Å². The van der Waals surface area contributed by atoms with E-state index in [4.69, 9.17) is 4.74 Å². The second-order valence-corrected chi connectivity index (χ2v) is 6.25. The zero-order valence-electron chi connectivity index (χ0n) is 16.0.